The number of nitrogens with two attached hydrogens (primary N) is 1. The zero-order valence-corrected chi connectivity index (χ0v) is 11.3. The van der Waals surface area contributed by atoms with Crippen molar-refractivity contribution in [3.8, 4) is 0 Å². The molecule has 1 amide bonds. The van der Waals surface area contributed by atoms with E-state index < -0.39 is 0 Å². The number of thiophene rings is 1. The predicted octanol–water partition coefficient (Wildman–Crippen LogP) is 1.26. The molecule has 5 heteroatoms. The number of ether oxygens (including phenoxy) is 1. The van der Waals surface area contributed by atoms with Crippen molar-refractivity contribution in [1.82, 2.24) is 4.90 Å². The Balaban J connectivity index is 1.70. The number of amides is 1. The van der Waals surface area contributed by atoms with Crippen LogP contribution in [-0.4, -0.2) is 43.2 Å². The van der Waals surface area contributed by atoms with Crippen LogP contribution in [0.3, 0.4) is 0 Å². The van der Waals surface area contributed by atoms with Crippen LogP contribution in [0.2, 0.25) is 0 Å². The topological polar surface area (TPSA) is 55.6 Å². The third kappa shape index (κ3) is 3.80. The van der Waals surface area contributed by atoms with Crippen LogP contribution in [0.15, 0.2) is 17.5 Å². The van der Waals surface area contributed by atoms with Gasteiger partial charge in [-0.2, -0.15) is 0 Å². The van der Waals surface area contributed by atoms with E-state index >= 15 is 0 Å². The first-order chi connectivity index (χ1) is 8.79. The van der Waals surface area contributed by atoms with Crippen molar-refractivity contribution in [3.63, 3.8) is 0 Å². The molecule has 2 rings (SSSR count). The highest BCUT2D eigenvalue weighted by Crippen LogP contribution is 2.13. The Kier molecular flexibility index (Phi) is 5.16. The van der Waals surface area contributed by atoms with E-state index in [1.54, 1.807) is 11.3 Å². The summed E-state index contributed by atoms with van der Waals surface area (Å²) >= 11 is 1.75. The Labute approximate surface area is 112 Å². The highest BCUT2D eigenvalue weighted by Gasteiger charge is 2.22. The van der Waals surface area contributed by atoms with E-state index in [1.807, 2.05) is 4.90 Å². The van der Waals surface area contributed by atoms with Crippen molar-refractivity contribution in [2.24, 2.45) is 5.73 Å². The molecule has 1 unspecified atom stereocenters. The van der Waals surface area contributed by atoms with Gasteiger partial charge in [0.2, 0.25) is 5.91 Å². The van der Waals surface area contributed by atoms with Gasteiger partial charge in [0.25, 0.3) is 0 Å². The summed E-state index contributed by atoms with van der Waals surface area (Å²) in [7, 11) is 0. The molecule has 0 saturated carbocycles. The number of hydrogen-bond acceptors (Lipinski definition) is 4. The van der Waals surface area contributed by atoms with Crippen molar-refractivity contribution in [3.05, 3.63) is 22.4 Å². The van der Waals surface area contributed by atoms with Crippen LogP contribution >= 0.6 is 11.3 Å². The summed E-state index contributed by atoms with van der Waals surface area (Å²) in [4.78, 5) is 15.3. The molecule has 0 radical (unpaired) electrons. The summed E-state index contributed by atoms with van der Waals surface area (Å²) < 4.78 is 5.45. The zero-order valence-electron chi connectivity index (χ0n) is 10.5. The molecule has 1 saturated heterocycles. The molecule has 1 aromatic rings. The van der Waals surface area contributed by atoms with Crippen LogP contribution < -0.4 is 5.73 Å². The zero-order chi connectivity index (χ0) is 12.8. The van der Waals surface area contributed by atoms with Gasteiger partial charge in [0.1, 0.15) is 0 Å². The van der Waals surface area contributed by atoms with E-state index in [0.29, 0.717) is 32.7 Å². The van der Waals surface area contributed by atoms with E-state index in [9.17, 15) is 4.79 Å². The van der Waals surface area contributed by atoms with Crippen LogP contribution in [0.25, 0.3) is 0 Å². The normalized spacial score (nSPS) is 20.1. The van der Waals surface area contributed by atoms with Gasteiger partial charge in [-0.15, -0.1) is 11.3 Å². The molecule has 2 N–H and O–H groups in total. The molecule has 0 spiro atoms. The quantitative estimate of drug-likeness (QED) is 0.874. The monoisotopic (exact) mass is 268 g/mol. The standard InChI is InChI=1S/C13H20N2O2S/c14-9-11-10-15(6-7-17-11)13(16)5-1-3-12-4-2-8-18-12/h2,4,8,11H,1,3,5-7,9-10,14H2. The predicted molar refractivity (Wildman–Crippen MR) is 72.6 cm³/mol. The molecule has 1 aliphatic rings. The maximum absolute atomic E-state index is 12.0. The van der Waals surface area contributed by atoms with Gasteiger partial charge in [-0.3, -0.25) is 4.79 Å². The molecule has 1 aromatic heterocycles. The molecule has 0 aliphatic carbocycles. The molecule has 1 aliphatic heterocycles. The molecule has 18 heavy (non-hydrogen) atoms. The first-order valence-corrected chi connectivity index (χ1v) is 7.29. The van der Waals surface area contributed by atoms with Crippen molar-refractivity contribution in [2.45, 2.75) is 25.4 Å². The van der Waals surface area contributed by atoms with Crippen molar-refractivity contribution >= 4 is 17.2 Å². The first-order valence-electron chi connectivity index (χ1n) is 6.41. The summed E-state index contributed by atoms with van der Waals surface area (Å²) in [6.45, 7) is 2.44. The fourth-order valence-corrected chi connectivity index (χ4v) is 2.87. The van der Waals surface area contributed by atoms with Gasteiger partial charge in [0.15, 0.2) is 0 Å². The molecular weight excluding hydrogens is 248 g/mol. The maximum atomic E-state index is 12.0. The number of rotatable bonds is 5. The smallest absolute Gasteiger partial charge is 0.222 e. The Morgan fingerprint density at radius 3 is 3.22 bits per heavy atom. The van der Waals surface area contributed by atoms with Crippen molar-refractivity contribution in [1.29, 1.82) is 0 Å². The second kappa shape index (κ2) is 6.87. The average molecular weight is 268 g/mol. The summed E-state index contributed by atoms with van der Waals surface area (Å²) in [6, 6.07) is 4.17. The lowest BCUT2D eigenvalue weighted by Crippen LogP contribution is -2.48. The molecule has 4 nitrogen and oxygen atoms in total. The van der Waals surface area contributed by atoms with E-state index in [1.165, 1.54) is 4.88 Å². The lowest BCUT2D eigenvalue weighted by Gasteiger charge is -2.32. The summed E-state index contributed by atoms with van der Waals surface area (Å²) in [5.41, 5.74) is 5.57. The van der Waals surface area contributed by atoms with Crippen LogP contribution in [0.4, 0.5) is 0 Å². The summed E-state index contributed by atoms with van der Waals surface area (Å²) in [6.07, 6.45) is 2.55. The van der Waals surface area contributed by atoms with E-state index in [4.69, 9.17) is 10.5 Å². The van der Waals surface area contributed by atoms with Crippen LogP contribution in [0.1, 0.15) is 17.7 Å². The summed E-state index contributed by atoms with van der Waals surface area (Å²) in [5.74, 6) is 0.230. The molecule has 0 aromatic carbocycles. The molecule has 0 bridgehead atoms. The van der Waals surface area contributed by atoms with E-state index in [2.05, 4.69) is 17.5 Å². The Bertz CT molecular complexity index is 367. The minimum atomic E-state index is 0.0139. The number of hydrogen-bond donors (Lipinski definition) is 1. The first kappa shape index (κ1) is 13.5. The third-order valence-corrected chi connectivity index (χ3v) is 4.08. The van der Waals surface area contributed by atoms with Crippen molar-refractivity contribution < 1.29 is 9.53 Å². The Morgan fingerprint density at radius 2 is 2.50 bits per heavy atom. The van der Waals surface area contributed by atoms with Crippen LogP contribution in [0.5, 0.6) is 0 Å². The molecule has 1 atom stereocenters. The van der Waals surface area contributed by atoms with Crippen LogP contribution in [-0.2, 0) is 16.0 Å². The van der Waals surface area contributed by atoms with Gasteiger partial charge in [0.05, 0.1) is 12.7 Å². The molecule has 1 fully saturated rings. The number of aryl methyl sites for hydroxylation is 1. The highest BCUT2D eigenvalue weighted by atomic mass is 32.1. The van der Waals surface area contributed by atoms with E-state index in [0.717, 1.165) is 12.8 Å². The van der Waals surface area contributed by atoms with Gasteiger partial charge in [0, 0.05) is 30.9 Å². The number of nitrogens with zero attached hydrogens (tertiary/aromatic N) is 1. The van der Waals surface area contributed by atoms with E-state index in [-0.39, 0.29) is 12.0 Å². The van der Waals surface area contributed by atoms with Gasteiger partial charge >= 0.3 is 0 Å². The van der Waals surface area contributed by atoms with Gasteiger partial charge in [-0.25, -0.2) is 0 Å². The second-order valence-electron chi connectivity index (χ2n) is 4.50. The fraction of sp³-hybridized carbons (Fsp3) is 0.615. The minimum absolute atomic E-state index is 0.0139. The highest BCUT2D eigenvalue weighted by molar-refractivity contribution is 7.09. The number of carbonyl (C=O) groups excluding carboxylic acids is 1. The average Bonchev–Trinajstić information content (AvgIpc) is 2.92. The second-order valence-corrected chi connectivity index (χ2v) is 5.53. The molecule has 2 heterocycles. The molecular formula is C13H20N2O2S. The summed E-state index contributed by atoms with van der Waals surface area (Å²) in [5, 5.41) is 2.07. The fourth-order valence-electron chi connectivity index (χ4n) is 2.12. The molecule has 100 valence electrons. The Morgan fingerprint density at radius 1 is 1.61 bits per heavy atom. The third-order valence-electron chi connectivity index (χ3n) is 3.15. The SMILES string of the molecule is NCC1CN(C(=O)CCCc2cccs2)CCO1. The van der Waals surface area contributed by atoms with Crippen molar-refractivity contribution in [2.75, 3.05) is 26.2 Å². The number of carbonyl (C=O) groups is 1. The Hall–Kier alpha value is -0.910. The lowest BCUT2D eigenvalue weighted by atomic mass is 10.2. The van der Waals surface area contributed by atoms with Gasteiger partial charge < -0.3 is 15.4 Å². The minimum Gasteiger partial charge on any atom is -0.373 e. The lowest BCUT2D eigenvalue weighted by molar-refractivity contribution is -0.138. The van der Waals surface area contributed by atoms with Crippen LogP contribution in [0, 0.1) is 0 Å². The van der Waals surface area contributed by atoms with Gasteiger partial charge in [-0.1, -0.05) is 6.07 Å². The number of morpholine rings is 1. The largest absolute Gasteiger partial charge is 0.373 e. The maximum Gasteiger partial charge on any atom is 0.222 e. The van der Waals surface area contributed by atoms with Gasteiger partial charge in [-0.05, 0) is 24.3 Å².